The van der Waals surface area contributed by atoms with E-state index >= 15 is 0 Å². The second-order valence-electron chi connectivity index (χ2n) is 6.24. The zero-order valence-corrected chi connectivity index (χ0v) is 16.4. The summed E-state index contributed by atoms with van der Waals surface area (Å²) in [5.41, 5.74) is 3.74. The second-order valence-corrected chi connectivity index (χ2v) is 7.88. The summed E-state index contributed by atoms with van der Waals surface area (Å²) in [7, 11) is 1.79. The molecule has 0 aliphatic rings. The average Bonchev–Trinajstić information content (AvgIpc) is 3.43. The highest BCUT2D eigenvalue weighted by Gasteiger charge is 2.17. The van der Waals surface area contributed by atoms with Gasteiger partial charge in [-0.2, -0.15) is 16.4 Å². The number of thiazole rings is 1. The second kappa shape index (κ2) is 7.85. The minimum atomic E-state index is -0.0801. The maximum Gasteiger partial charge on any atom is 0.273 e. The van der Waals surface area contributed by atoms with E-state index in [2.05, 4.69) is 22.2 Å². The van der Waals surface area contributed by atoms with Crippen molar-refractivity contribution in [3.8, 4) is 10.6 Å². The van der Waals surface area contributed by atoms with E-state index in [-0.39, 0.29) is 5.91 Å². The van der Waals surface area contributed by atoms with Gasteiger partial charge in [-0.3, -0.25) is 9.48 Å². The molecule has 27 heavy (non-hydrogen) atoms. The molecule has 0 saturated heterocycles. The number of aromatic nitrogens is 3. The number of hydrogen-bond donors (Lipinski definition) is 0. The SMILES string of the molecule is CN(Cc1cnn(Cc2ccccc2)c1)C(=O)c1csc(-c2ccsc2)n1. The van der Waals surface area contributed by atoms with Crippen molar-refractivity contribution in [2.24, 2.45) is 0 Å². The van der Waals surface area contributed by atoms with Gasteiger partial charge in [0.25, 0.3) is 5.91 Å². The summed E-state index contributed by atoms with van der Waals surface area (Å²) < 4.78 is 1.89. The van der Waals surface area contributed by atoms with Crippen LogP contribution in [0.4, 0.5) is 0 Å². The standard InChI is InChI=1S/C20H18N4OS2/c1-23(20(25)18-14-27-19(22-18)17-7-8-26-13-17)10-16-9-21-24(12-16)11-15-5-3-2-4-6-15/h2-9,12-14H,10-11H2,1H3. The smallest absolute Gasteiger partial charge is 0.273 e. The molecule has 0 spiro atoms. The van der Waals surface area contributed by atoms with Crippen molar-refractivity contribution in [3.05, 3.63) is 81.8 Å². The molecule has 0 aliphatic carbocycles. The van der Waals surface area contributed by atoms with Crippen LogP contribution in [0.5, 0.6) is 0 Å². The van der Waals surface area contributed by atoms with E-state index in [0.717, 1.165) is 16.1 Å². The summed E-state index contributed by atoms with van der Waals surface area (Å²) in [6.45, 7) is 1.22. The molecule has 3 heterocycles. The molecule has 3 aromatic heterocycles. The quantitative estimate of drug-likeness (QED) is 0.487. The Labute approximate surface area is 165 Å². The molecule has 0 unspecified atom stereocenters. The fourth-order valence-electron chi connectivity index (χ4n) is 2.78. The minimum Gasteiger partial charge on any atom is -0.336 e. The van der Waals surface area contributed by atoms with Gasteiger partial charge in [0.1, 0.15) is 10.7 Å². The van der Waals surface area contributed by atoms with Crippen LogP contribution in [0.2, 0.25) is 0 Å². The third kappa shape index (κ3) is 4.15. The Hall–Kier alpha value is -2.77. The zero-order valence-electron chi connectivity index (χ0n) is 14.8. The molecule has 0 fully saturated rings. The predicted molar refractivity (Wildman–Crippen MR) is 109 cm³/mol. The van der Waals surface area contributed by atoms with Gasteiger partial charge in [0.2, 0.25) is 0 Å². The van der Waals surface area contributed by atoms with Crippen LogP contribution in [0.1, 0.15) is 21.6 Å². The minimum absolute atomic E-state index is 0.0801. The number of thiophene rings is 1. The summed E-state index contributed by atoms with van der Waals surface area (Å²) in [6, 6.07) is 12.2. The number of amides is 1. The molecule has 0 saturated carbocycles. The van der Waals surface area contributed by atoms with E-state index < -0.39 is 0 Å². The molecule has 7 heteroatoms. The lowest BCUT2D eigenvalue weighted by Gasteiger charge is -2.14. The highest BCUT2D eigenvalue weighted by molar-refractivity contribution is 7.14. The lowest BCUT2D eigenvalue weighted by molar-refractivity contribution is 0.0780. The molecular formula is C20H18N4OS2. The Morgan fingerprint density at radius 1 is 1.15 bits per heavy atom. The molecule has 0 aliphatic heterocycles. The summed E-state index contributed by atoms with van der Waals surface area (Å²) in [6.07, 6.45) is 3.79. The topological polar surface area (TPSA) is 51.0 Å². The fraction of sp³-hybridized carbons (Fsp3) is 0.150. The number of carbonyl (C=O) groups excluding carboxylic acids is 1. The van der Waals surface area contributed by atoms with Gasteiger partial charge in [0, 0.05) is 41.7 Å². The molecule has 4 aromatic rings. The molecule has 5 nitrogen and oxygen atoms in total. The third-order valence-electron chi connectivity index (χ3n) is 4.13. The van der Waals surface area contributed by atoms with E-state index in [9.17, 15) is 4.79 Å². The van der Waals surface area contributed by atoms with Crippen LogP contribution in [-0.2, 0) is 13.1 Å². The Bertz CT molecular complexity index is 1020. The van der Waals surface area contributed by atoms with Crippen molar-refractivity contribution < 1.29 is 4.79 Å². The summed E-state index contributed by atoms with van der Waals surface area (Å²) in [5.74, 6) is -0.0801. The van der Waals surface area contributed by atoms with Crippen molar-refractivity contribution in [2.45, 2.75) is 13.1 Å². The molecular weight excluding hydrogens is 376 g/mol. The monoisotopic (exact) mass is 394 g/mol. The van der Waals surface area contributed by atoms with Gasteiger partial charge in [-0.1, -0.05) is 30.3 Å². The van der Waals surface area contributed by atoms with Crippen molar-refractivity contribution in [1.82, 2.24) is 19.7 Å². The van der Waals surface area contributed by atoms with Gasteiger partial charge in [0.15, 0.2) is 0 Å². The average molecular weight is 395 g/mol. The molecule has 0 N–H and O–H groups in total. The van der Waals surface area contributed by atoms with E-state index in [0.29, 0.717) is 18.8 Å². The first-order chi connectivity index (χ1) is 13.2. The molecule has 1 aromatic carbocycles. The first-order valence-corrected chi connectivity index (χ1v) is 10.3. The van der Waals surface area contributed by atoms with Gasteiger partial charge in [-0.05, 0) is 17.0 Å². The molecule has 0 radical (unpaired) electrons. The van der Waals surface area contributed by atoms with Gasteiger partial charge in [-0.25, -0.2) is 4.98 Å². The van der Waals surface area contributed by atoms with Crippen molar-refractivity contribution in [3.63, 3.8) is 0 Å². The van der Waals surface area contributed by atoms with Gasteiger partial charge in [0.05, 0.1) is 12.7 Å². The highest BCUT2D eigenvalue weighted by atomic mass is 32.1. The molecule has 136 valence electrons. The fourth-order valence-corrected chi connectivity index (χ4v) is 4.28. The zero-order chi connectivity index (χ0) is 18.6. The van der Waals surface area contributed by atoms with Crippen molar-refractivity contribution in [1.29, 1.82) is 0 Å². The number of benzene rings is 1. The number of hydrogen-bond acceptors (Lipinski definition) is 5. The van der Waals surface area contributed by atoms with Crippen LogP contribution < -0.4 is 0 Å². The number of rotatable bonds is 6. The molecule has 0 atom stereocenters. The van der Waals surface area contributed by atoms with Crippen LogP contribution in [0.25, 0.3) is 10.6 Å². The normalized spacial score (nSPS) is 10.9. The number of carbonyl (C=O) groups is 1. The Morgan fingerprint density at radius 3 is 2.78 bits per heavy atom. The maximum absolute atomic E-state index is 12.7. The lowest BCUT2D eigenvalue weighted by Crippen LogP contribution is -2.26. The third-order valence-corrected chi connectivity index (χ3v) is 5.71. The largest absolute Gasteiger partial charge is 0.336 e. The summed E-state index contributed by atoms with van der Waals surface area (Å²) in [5, 5.41) is 11.2. The lowest BCUT2D eigenvalue weighted by atomic mass is 10.2. The predicted octanol–water partition coefficient (Wildman–Crippen LogP) is 4.39. The molecule has 1 amide bonds. The first kappa shape index (κ1) is 17.6. The first-order valence-electron chi connectivity index (χ1n) is 8.48. The van der Waals surface area contributed by atoms with E-state index in [1.807, 2.05) is 57.5 Å². The number of nitrogens with zero attached hydrogens (tertiary/aromatic N) is 4. The van der Waals surface area contributed by atoms with Gasteiger partial charge >= 0.3 is 0 Å². The van der Waals surface area contributed by atoms with Crippen LogP contribution in [-0.4, -0.2) is 32.6 Å². The van der Waals surface area contributed by atoms with Gasteiger partial charge in [-0.15, -0.1) is 11.3 Å². The van der Waals surface area contributed by atoms with E-state index in [1.165, 1.54) is 16.9 Å². The van der Waals surface area contributed by atoms with Crippen LogP contribution in [0.3, 0.4) is 0 Å². The Kier molecular flexibility index (Phi) is 5.13. The van der Waals surface area contributed by atoms with Gasteiger partial charge < -0.3 is 4.90 Å². The van der Waals surface area contributed by atoms with Crippen molar-refractivity contribution >= 4 is 28.6 Å². The van der Waals surface area contributed by atoms with Crippen LogP contribution in [0.15, 0.2) is 64.9 Å². The molecule has 0 bridgehead atoms. The molecule has 4 rings (SSSR count). The highest BCUT2D eigenvalue weighted by Crippen LogP contribution is 2.26. The Morgan fingerprint density at radius 2 is 2.00 bits per heavy atom. The van der Waals surface area contributed by atoms with E-state index in [4.69, 9.17) is 0 Å². The summed E-state index contributed by atoms with van der Waals surface area (Å²) >= 11 is 3.12. The van der Waals surface area contributed by atoms with Crippen LogP contribution >= 0.6 is 22.7 Å². The maximum atomic E-state index is 12.7. The van der Waals surface area contributed by atoms with E-state index in [1.54, 1.807) is 23.3 Å². The van der Waals surface area contributed by atoms with Crippen LogP contribution in [0, 0.1) is 0 Å². The summed E-state index contributed by atoms with van der Waals surface area (Å²) in [4.78, 5) is 18.8. The van der Waals surface area contributed by atoms with Crippen molar-refractivity contribution in [2.75, 3.05) is 7.05 Å². The Balaban J connectivity index is 1.40.